The van der Waals surface area contributed by atoms with Crippen molar-refractivity contribution in [1.82, 2.24) is 10.3 Å². The summed E-state index contributed by atoms with van der Waals surface area (Å²) >= 11 is 0. The number of nitrogens with zero attached hydrogens (tertiary/aromatic N) is 1. The molecule has 1 aromatic heterocycles. The Kier molecular flexibility index (Phi) is 3.49. The van der Waals surface area contributed by atoms with Gasteiger partial charge in [-0.2, -0.15) is 0 Å². The zero-order valence-electron chi connectivity index (χ0n) is 7.91. The fourth-order valence-electron chi connectivity index (χ4n) is 1.13. The van der Waals surface area contributed by atoms with Crippen LogP contribution in [0.1, 0.15) is 37.2 Å². The smallest absolute Gasteiger partial charge is 0.288 e. The Morgan fingerprint density at radius 2 is 2.54 bits per heavy atom. The van der Waals surface area contributed by atoms with Gasteiger partial charge < -0.3 is 9.73 Å². The minimum atomic E-state index is -0.196. The van der Waals surface area contributed by atoms with Gasteiger partial charge in [-0.1, -0.05) is 13.3 Å². The lowest BCUT2D eigenvalue weighted by Crippen LogP contribution is -2.32. The lowest BCUT2D eigenvalue weighted by atomic mass is 10.2. The normalized spacial score (nSPS) is 12.5. The Hall–Kier alpha value is -1.32. The van der Waals surface area contributed by atoms with Crippen LogP contribution in [0.3, 0.4) is 0 Å². The summed E-state index contributed by atoms with van der Waals surface area (Å²) < 4.78 is 4.85. The summed E-state index contributed by atoms with van der Waals surface area (Å²) in [7, 11) is 0. The second-order valence-corrected chi connectivity index (χ2v) is 3.03. The van der Waals surface area contributed by atoms with Crippen LogP contribution in [0.15, 0.2) is 17.0 Å². The second kappa shape index (κ2) is 4.64. The molecule has 1 aromatic rings. The average molecular weight is 182 g/mol. The Balaban J connectivity index is 2.42. The van der Waals surface area contributed by atoms with Crippen molar-refractivity contribution in [1.29, 1.82) is 0 Å². The number of rotatable bonds is 4. The first-order valence-corrected chi connectivity index (χ1v) is 4.43. The van der Waals surface area contributed by atoms with Gasteiger partial charge in [-0.3, -0.25) is 4.79 Å². The predicted molar refractivity (Wildman–Crippen MR) is 48.3 cm³/mol. The summed E-state index contributed by atoms with van der Waals surface area (Å²) in [5, 5.41) is 2.81. The van der Waals surface area contributed by atoms with Crippen LogP contribution in [0.25, 0.3) is 0 Å². The maximum atomic E-state index is 11.3. The summed E-state index contributed by atoms with van der Waals surface area (Å²) in [4.78, 5) is 15.0. The van der Waals surface area contributed by atoms with Crippen LogP contribution in [0.2, 0.25) is 0 Å². The van der Waals surface area contributed by atoms with Gasteiger partial charge in [0.15, 0.2) is 6.39 Å². The first-order valence-electron chi connectivity index (χ1n) is 4.43. The van der Waals surface area contributed by atoms with Crippen LogP contribution in [-0.4, -0.2) is 16.9 Å². The third kappa shape index (κ3) is 2.89. The molecule has 1 heterocycles. The highest BCUT2D eigenvalue weighted by Gasteiger charge is 2.11. The highest BCUT2D eigenvalue weighted by atomic mass is 16.3. The number of hydrogen-bond acceptors (Lipinski definition) is 3. The molecule has 0 saturated carbocycles. The van der Waals surface area contributed by atoms with E-state index in [1.807, 2.05) is 6.92 Å². The average Bonchev–Trinajstić information content (AvgIpc) is 2.55. The highest BCUT2D eigenvalue weighted by molar-refractivity contribution is 5.91. The van der Waals surface area contributed by atoms with E-state index in [9.17, 15) is 4.79 Å². The van der Waals surface area contributed by atoms with Crippen molar-refractivity contribution in [2.24, 2.45) is 0 Å². The summed E-state index contributed by atoms with van der Waals surface area (Å²) in [5.41, 5.74) is 0. The Labute approximate surface area is 77.3 Å². The zero-order valence-corrected chi connectivity index (χ0v) is 7.91. The van der Waals surface area contributed by atoms with Gasteiger partial charge in [-0.15, -0.1) is 0 Å². The van der Waals surface area contributed by atoms with Crippen molar-refractivity contribution < 1.29 is 9.21 Å². The van der Waals surface area contributed by atoms with E-state index in [4.69, 9.17) is 4.42 Å². The van der Waals surface area contributed by atoms with E-state index < -0.39 is 0 Å². The zero-order chi connectivity index (χ0) is 9.68. The van der Waals surface area contributed by atoms with E-state index in [1.54, 1.807) is 0 Å². The van der Waals surface area contributed by atoms with Crippen LogP contribution in [0.4, 0.5) is 0 Å². The molecule has 0 saturated heterocycles. The number of amides is 1. The Morgan fingerprint density at radius 1 is 1.77 bits per heavy atom. The number of carbonyl (C=O) groups is 1. The maximum Gasteiger partial charge on any atom is 0.288 e. The highest BCUT2D eigenvalue weighted by Crippen LogP contribution is 1.99. The molecule has 0 aliphatic rings. The van der Waals surface area contributed by atoms with Crippen LogP contribution >= 0.6 is 0 Å². The molecular weight excluding hydrogens is 168 g/mol. The number of oxazole rings is 1. The second-order valence-electron chi connectivity index (χ2n) is 3.03. The molecule has 0 unspecified atom stereocenters. The van der Waals surface area contributed by atoms with Crippen LogP contribution in [0, 0.1) is 0 Å². The largest absolute Gasteiger partial charge is 0.438 e. The van der Waals surface area contributed by atoms with Gasteiger partial charge in [-0.25, -0.2) is 4.98 Å². The predicted octanol–water partition coefficient (Wildman–Crippen LogP) is 1.59. The standard InChI is InChI=1S/C9H14N2O2/c1-3-4-7(2)11-9(12)8-5-10-6-13-8/h5-7H,3-4H2,1-2H3,(H,11,12)/t7-/m1/s1. The first kappa shape index (κ1) is 9.77. The molecule has 0 fully saturated rings. The van der Waals surface area contributed by atoms with Gasteiger partial charge in [0.05, 0.1) is 6.20 Å². The topological polar surface area (TPSA) is 55.1 Å². The van der Waals surface area contributed by atoms with Crippen molar-refractivity contribution in [2.75, 3.05) is 0 Å². The van der Waals surface area contributed by atoms with E-state index in [1.165, 1.54) is 12.6 Å². The van der Waals surface area contributed by atoms with Gasteiger partial charge in [0.1, 0.15) is 0 Å². The van der Waals surface area contributed by atoms with Gasteiger partial charge in [0.25, 0.3) is 5.91 Å². The molecule has 1 amide bonds. The summed E-state index contributed by atoms with van der Waals surface area (Å²) in [6.07, 6.45) is 4.69. The van der Waals surface area contributed by atoms with E-state index in [2.05, 4.69) is 17.2 Å². The van der Waals surface area contributed by atoms with E-state index in [-0.39, 0.29) is 17.7 Å². The Morgan fingerprint density at radius 3 is 3.08 bits per heavy atom. The van der Waals surface area contributed by atoms with E-state index in [0.717, 1.165) is 12.8 Å². The molecule has 0 bridgehead atoms. The summed E-state index contributed by atoms with van der Waals surface area (Å²) in [6.45, 7) is 4.05. The maximum absolute atomic E-state index is 11.3. The van der Waals surface area contributed by atoms with Gasteiger partial charge in [0, 0.05) is 6.04 Å². The SMILES string of the molecule is CCC[C@@H](C)NC(=O)c1cnco1. The fraction of sp³-hybridized carbons (Fsp3) is 0.556. The van der Waals surface area contributed by atoms with Crippen molar-refractivity contribution in [3.8, 4) is 0 Å². The van der Waals surface area contributed by atoms with Gasteiger partial charge in [0.2, 0.25) is 5.76 Å². The molecule has 72 valence electrons. The summed E-state index contributed by atoms with van der Waals surface area (Å²) in [6, 6.07) is 0.183. The molecule has 0 spiro atoms. The first-order chi connectivity index (χ1) is 6.24. The quantitative estimate of drug-likeness (QED) is 0.769. The van der Waals surface area contributed by atoms with Gasteiger partial charge >= 0.3 is 0 Å². The van der Waals surface area contributed by atoms with Crippen LogP contribution in [-0.2, 0) is 0 Å². The monoisotopic (exact) mass is 182 g/mol. The van der Waals surface area contributed by atoms with Crippen molar-refractivity contribution in [2.45, 2.75) is 32.7 Å². The van der Waals surface area contributed by atoms with E-state index >= 15 is 0 Å². The molecule has 1 rings (SSSR count). The third-order valence-electron chi connectivity index (χ3n) is 1.76. The molecule has 4 heteroatoms. The molecule has 1 N–H and O–H groups in total. The number of aromatic nitrogens is 1. The van der Waals surface area contributed by atoms with Crippen LogP contribution in [0.5, 0.6) is 0 Å². The third-order valence-corrected chi connectivity index (χ3v) is 1.76. The fourth-order valence-corrected chi connectivity index (χ4v) is 1.13. The molecule has 0 radical (unpaired) electrons. The molecule has 4 nitrogen and oxygen atoms in total. The van der Waals surface area contributed by atoms with Crippen molar-refractivity contribution >= 4 is 5.91 Å². The molecule has 1 atom stereocenters. The number of hydrogen-bond donors (Lipinski definition) is 1. The molecular formula is C9H14N2O2. The summed E-state index contributed by atoms with van der Waals surface area (Å²) in [5.74, 6) is 0.0707. The van der Waals surface area contributed by atoms with Crippen LogP contribution < -0.4 is 5.32 Å². The lowest BCUT2D eigenvalue weighted by molar-refractivity contribution is 0.0910. The van der Waals surface area contributed by atoms with Crippen molar-refractivity contribution in [3.63, 3.8) is 0 Å². The molecule has 13 heavy (non-hydrogen) atoms. The number of nitrogens with one attached hydrogen (secondary N) is 1. The molecule has 0 aliphatic carbocycles. The minimum Gasteiger partial charge on any atom is -0.438 e. The van der Waals surface area contributed by atoms with E-state index in [0.29, 0.717) is 0 Å². The Bertz CT molecular complexity index is 257. The van der Waals surface area contributed by atoms with Gasteiger partial charge in [-0.05, 0) is 13.3 Å². The lowest BCUT2D eigenvalue weighted by Gasteiger charge is -2.10. The molecule has 0 aromatic carbocycles. The molecule has 0 aliphatic heterocycles. The van der Waals surface area contributed by atoms with Crippen molar-refractivity contribution in [3.05, 3.63) is 18.4 Å². The number of carbonyl (C=O) groups excluding carboxylic acids is 1. The minimum absolute atomic E-state index is 0.183.